The van der Waals surface area contributed by atoms with E-state index >= 15 is 0 Å². The van der Waals surface area contributed by atoms with Crippen molar-refractivity contribution in [1.82, 2.24) is 0 Å². The van der Waals surface area contributed by atoms with Gasteiger partial charge in [-0.1, -0.05) is 51.3 Å². The SMILES string of the molecule is Cc1cc(C)cc(Cl)c1.Cc1cc(Cl)cc(CBr)c1. The maximum Gasteiger partial charge on any atom is 0.0411 e. The number of hydrogen-bond acceptors (Lipinski definition) is 0. The lowest BCUT2D eigenvalue weighted by Crippen LogP contribution is -1.79. The fourth-order valence-corrected chi connectivity index (χ4v) is 2.79. The molecule has 0 fully saturated rings. The van der Waals surface area contributed by atoms with E-state index in [1.165, 1.54) is 22.3 Å². The van der Waals surface area contributed by atoms with Crippen LogP contribution in [0.2, 0.25) is 10.0 Å². The molecular weight excluding hydrogens is 343 g/mol. The Morgan fingerprint density at radius 2 is 1.16 bits per heavy atom. The highest BCUT2D eigenvalue weighted by atomic mass is 79.9. The molecule has 102 valence electrons. The second-order valence-electron chi connectivity index (χ2n) is 4.58. The molecule has 0 atom stereocenters. The Hall–Kier alpha value is -0.500. The zero-order valence-electron chi connectivity index (χ0n) is 11.3. The van der Waals surface area contributed by atoms with E-state index < -0.39 is 0 Å². The van der Waals surface area contributed by atoms with E-state index in [2.05, 4.69) is 28.1 Å². The third kappa shape index (κ3) is 6.47. The van der Waals surface area contributed by atoms with Crippen molar-refractivity contribution >= 4 is 39.1 Å². The van der Waals surface area contributed by atoms with E-state index in [4.69, 9.17) is 23.2 Å². The summed E-state index contributed by atoms with van der Waals surface area (Å²) in [5.41, 5.74) is 4.88. The monoisotopic (exact) mass is 358 g/mol. The van der Waals surface area contributed by atoms with Crippen LogP contribution in [-0.2, 0) is 5.33 Å². The second kappa shape index (κ2) is 7.94. The number of halogens is 3. The summed E-state index contributed by atoms with van der Waals surface area (Å²) in [6.07, 6.45) is 0. The summed E-state index contributed by atoms with van der Waals surface area (Å²) >= 11 is 14.9. The van der Waals surface area contributed by atoms with E-state index in [9.17, 15) is 0 Å². The van der Waals surface area contributed by atoms with Gasteiger partial charge in [-0.05, 0) is 67.3 Å². The van der Waals surface area contributed by atoms with E-state index in [1.807, 2.05) is 45.0 Å². The van der Waals surface area contributed by atoms with Crippen LogP contribution in [0, 0.1) is 20.8 Å². The molecule has 19 heavy (non-hydrogen) atoms. The van der Waals surface area contributed by atoms with Gasteiger partial charge in [-0.2, -0.15) is 0 Å². The van der Waals surface area contributed by atoms with Crippen LogP contribution in [0.1, 0.15) is 22.3 Å². The van der Waals surface area contributed by atoms with Crippen molar-refractivity contribution in [3.63, 3.8) is 0 Å². The van der Waals surface area contributed by atoms with Gasteiger partial charge < -0.3 is 0 Å². The molecule has 0 aliphatic carbocycles. The summed E-state index contributed by atoms with van der Waals surface area (Å²) in [6.45, 7) is 6.12. The summed E-state index contributed by atoms with van der Waals surface area (Å²) in [7, 11) is 0. The number of rotatable bonds is 1. The summed E-state index contributed by atoms with van der Waals surface area (Å²) in [5.74, 6) is 0. The van der Waals surface area contributed by atoms with Gasteiger partial charge in [0, 0.05) is 15.4 Å². The molecule has 0 unspecified atom stereocenters. The first-order valence-corrected chi connectivity index (χ1v) is 7.84. The van der Waals surface area contributed by atoms with Crippen molar-refractivity contribution in [2.75, 3.05) is 0 Å². The van der Waals surface area contributed by atoms with Gasteiger partial charge in [-0.3, -0.25) is 0 Å². The summed E-state index contributed by atoms with van der Waals surface area (Å²) < 4.78 is 0. The number of hydrogen-bond donors (Lipinski definition) is 0. The minimum atomic E-state index is 0.814. The van der Waals surface area contributed by atoms with Gasteiger partial charge in [0.15, 0.2) is 0 Å². The minimum absolute atomic E-state index is 0.814. The van der Waals surface area contributed by atoms with Crippen LogP contribution in [-0.4, -0.2) is 0 Å². The van der Waals surface area contributed by atoms with Crippen LogP contribution in [0.25, 0.3) is 0 Å². The number of benzene rings is 2. The fourth-order valence-electron chi connectivity index (χ4n) is 1.81. The van der Waals surface area contributed by atoms with Gasteiger partial charge in [0.2, 0.25) is 0 Å². The Labute approximate surface area is 133 Å². The van der Waals surface area contributed by atoms with Gasteiger partial charge in [0.1, 0.15) is 0 Å². The Balaban J connectivity index is 0.000000191. The molecular formula is C16H17BrCl2. The topological polar surface area (TPSA) is 0 Å². The minimum Gasteiger partial charge on any atom is -0.0876 e. The molecule has 0 saturated carbocycles. The van der Waals surface area contributed by atoms with Crippen LogP contribution in [0.3, 0.4) is 0 Å². The molecule has 0 spiro atoms. The summed E-state index contributed by atoms with van der Waals surface area (Å²) in [6, 6.07) is 12.0. The Kier molecular flexibility index (Phi) is 6.92. The molecule has 0 N–H and O–H groups in total. The van der Waals surface area contributed by atoms with Gasteiger partial charge in [0.25, 0.3) is 0 Å². The van der Waals surface area contributed by atoms with Crippen LogP contribution in [0.15, 0.2) is 36.4 Å². The molecule has 3 heteroatoms. The maximum absolute atomic E-state index is 5.81. The molecule has 0 radical (unpaired) electrons. The first kappa shape index (κ1) is 16.6. The first-order valence-electron chi connectivity index (χ1n) is 5.96. The van der Waals surface area contributed by atoms with E-state index in [1.54, 1.807) is 0 Å². The molecule has 0 nitrogen and oxygen atoms in total. The molecule has 0 aliphatic rings. The highest BCUT2D eigenvalue weighted by molar-refractivity contribution is 9.08. The van der Waals surface area contributed by atoms with Crippen molar-refractivity contribution in [2.24, 2.45) is 0 Å². The maximum atomic E-state index is 5.81. The molecule has 2 aromatic rings. The van der Waals surface area contributed by atoms with Crippen molar-refractivity contribution in [1.29, 1.82) is 0 Å². The second-order valence-corrected chi connectivity index (χ2v) is 6.01. The van der Waals surface area contributed by atoms with Crippen LogP contribution in [0.5, 0.6) is 0 Å². The van der Waals surface area contributed by atoms with Crippen molar-refractivity contribution in [2.45, 2.75) is 26.1 Å². The predicted molar refractivity (Wildman–Crippen MR) is 89.7 cm³/mol. The standard InChI is InChI=1S/C8H8BrCl.C8H9Cl/c1-6-2-7(5-9)4-8(10)3-6;1-6-3-7(2)5-8(9)4-6/h2-4H,5H2,1H3;3-5H,1-2H3. The fraction of sp³-hybridized carbons (Fsp3) is 0.250. The third-order valence-electron chi connectivity index (χ3n) is 2.44. The molecule has 0 aromatic heterocycles. The average Bonchev–Trinajstić information content (AvgIpc) is 2.26. The molecule has 2 rings (SSSR count). The van der Waals surface area contributed by atoms with Crippen molar-refractivity contribution in [3.05, 3.63) is 68.7 Å². The molecule has 0 saturated heterocycles. The number of alkyl halides is 1. The molecule has 0 heterocycles. The van der Waals surface area contributed by atoms with Gasteiger partial charge in [0.05, 0.1) is 0 Å². The molecule has 0 amide bonds. The lowest BCUT2D eigenvalue weighted by molar-refractivity contribution is 1.37. The average molecular weight is 360 g/mol. The normalized spacial score (nSPS) is 9.79. The Morgan fingerprint density at radius 3 is 1.53 bits per heavy atom. The van der Waals surface area contributed by atoms with Gasteiger partial charge in [-0.25, -0.2) is 0 Å². The largest absolute Gasteiger partial charge is 0.0876 e. The zero-order chi connectivity index (χ0) is 14.4. The molecule has 0 bridgehead atoms. The lowest BCUT2D eigenvalue weighted by Gasteiger charge is -1.98. The van der Waals surface area contributed by atoms with Crippen LogP contribution < -0.4 is 0 Å². The first-order chi connectivity index (χ1) is 8.90. The summed E-state index contributed by atoms with van der Waals surface area (Å²) in [5, 5.41) is 2.51. The number of aryl methyl sites for hydroxylation is 3. The van der Waals surface area contributed by atoms with Gasteiger partial charge in [-0.15, -0.1) is 0 Å². The Morgan fingerprint density at radius 1 is 0.737 bits per heavy atom. The van der Waals surface area contributed by atoms with Crippen LogP contribution in [0.4, 0.5) is 0 Å². The van der Waals surface area contributed by atoms with Gasteiger partial charge >= 0.3 is 0 Å². The van der Waals surface area contributed by atoms with Crippen molar-refractivity contribution < 1.29 is 0 Å². The predicted octanol–water partition coefficient (Wildman–Crippen LogP) is 6.50. The van der Waals surface area contributed by atoms with Crippen molar-refractivity contribution in [3.8, 4) is 0 Å². The quantitative estimate of drug-likeness (QED) is 0.509. The van der Waals surface area contributed by atoms with E-state index in [-0.39, 0.29) is 0 Å². The third-order valence-corrected chi connectivity index (χ3v) is 3.53. The summed E-state index contributed by atoms with van der Waals surface area (Å²) in [4.78, 5) is 0. The molecule has 2 aromatic carbocycles. The highest BCUT2D eigenvalue weighted by Gasteiger charge is 1.93. The van der Waals surface area contributed by atoms with E-state index in [0.717, 1.165) is 15.4 Å². The highest BCUT2D eigenvalue weighted by Crippen LogP contribution is 2.16. The van der Waals surface area contributed by atoms with E-state index in [0.29, 0.717) is 0 Å². The van der Waals surface area contributed by atoms with Crippen LogP contribution >= 0.6 is 39.1 Å². The Bertz CT molecular complexity index is 480. The zero-order valence-corrected chi connectivity index (χ0v) is 14.4. The smallest absolute Gasteiger partial charge is 0.0411 e. The molecule has 0 aliphatic heterocycles. The lowest BCUT2D eigenvalue weighted by atomic mass is 10.2.